The van der Waals surface area contributed by atoms with Gasteiger partial charge in [-0.05, 0) is 37.6 Å². The Morgan fingerprint density at radius 1 is 1.17 bits per heavy atom. The molecule has 0 atom stereocenters. The fraction of sp³-hybridized carbons (Fsp3) is 1.00. The van der Waals surface area contributed by atoms with Crippen LogP contribution in [-0.2, 0) is 4.74 Å². The van der Waals surface area contributed by atoms with E-state index in [1.165, 1.54) is 45.3 Å². The molecule has 1 saturated heterocycles. The molecule has 0 radical (unpaired) electrons. The van der Waals surface area contributed by atoms with Gasteiger partial charge in [-0.15, -0.1) is 0 Å². The van der Waals surface area contributed by atoms with Gasteiger partial charge in [0.1, 0.15) is 0 Å². The maximum absolute atomic E-state index is 5.45. The SMILES string of the molecule is CCNCC(CC)(CC)CN1CCC(OC)CC1. The minimum atomic E-state index is 0.454. The van der Waals surface area contributed by atoms with Gasteiger partial charge in [0.2, 0.25) is 0 Å². The second-order valence-electron chi connectivity index (χ2n) is 5.70. The number of rotatable bonds is 8. The van der Waals surface area contributed by atoms with E-state index in [4.69, 9.17) is 4.74 Å². The molecule has 1 heterocycles. The summed E-state index contributed by atoms with van der Waals surface area (Å²) in [6.45, 7) is 12.7. The van der Waals surface area contributed by atoms with Gasteiger partial charge >= 0.3 is 0 Å². The minimum absolute atomic E-state index is 0.454. The molecule has 3 nitrogen and oxygen atoms in total. The highest BCUT2D eigenvalue weighted by molar-refractivity contribution is 4.85. The van der Waals surface area contributed by atoms with Crippen LogP contribution in [0.5, 0.6) is 0 Å². The first-order valence-corrected chi connectivity index (χ1v) is 7.65. The normalized spacial score (nSPS) is 19.3. The first-order valence-electron chi connectivity index (χ1n) is 7.65. The Labute approximate surface area is 113 Å². The third-order valence-corrected chi connectivity index (χ3v) is 4.68. The lowest BCUT2D eigenvalue weighted by molar-refractivity contribution is 0.0243. The molecule has 108 valence electrons. The largest absolute Gasteiger partial charge is 0.381 e. The zero-order valence-electron chi connectivity index (χ0n) is 12.8. The van der Waals surface area contributed by atoms with Crippen molar-refractivity contribution >= 4 is 0 Å². The quantitative estimate of drug-likeness (QED) is 0.722. The molecule has 0 bridgehead atoms. The van der Waals surface area contributed by atoms with Gasteiger partial charge in [-0.3, -0.25) is 0 Å². The molecule has 0 aliphatic carbocycles. The summed E-state index contributed by atoms with van der Waals surface area (Å²) in [6.07, 6.45) is 5.41. The number of methoxy groups -OCH3 is 1. The van der Waals surface area contributed by atoms with E-state index >= 15 is 0 Å². The number of nitrogens with one attached hydrogen (secondary N) is 1. The zero-order chi connectivity index (χ0) is 13.4. The first-order chi connectivity index (χ1) is 8.69. The monoisotopic (exact) mass is 256 g/mol. The minimum Gasteiger partial charge on any atom is -0.381 e. The zero-order valence-corrected chi connectivity index (χ0v) is 12.8. The standard InChI is InChI=1S/C15H32N2O/c1-5-15(6-2,12-16-7-3)13-17-10-8-14(18-4)9-11-17/h14,16H,5-13H2,1-4H3. The molecule has 0 amide bonds. The highest BCUT2D eigenvalue weighted by atomic mass is 16.5. The lowest BCUT2D eigenvalue weighted by Crippen LogP contribution is -2.47. The summed E-state index contributed by atoms with van der Waals surface area (Å²) in [4.78, 5) is 2.64. The average molecular weight is 256 g/mol. The Bertz CT molecular complexity index is 209. The highest BCUT2D eigenvalue weighted by Gasteiger charge is 2.30. The van der Waals surface area contributed by atoms with Crippen molar-refractivity contribution in [3.05, 3.63) is 0 Å². The molecule has 0 spiro atoms. The number of likely N-dealkylation sites (tertiary alicyclic amines) is 1. The molecule has 1 rings (SSSR count). The maximum atomic E-state index is 5.45. The van der Waals surface area contributed by atoms with Crippen LogP contribution in [0.1, 0.15) is 46.5 Å². The summed E-state index contributed by atoms with van der Waals surface area (Å²) in [5.74, 6) is 0. The van der Waals surface area contributed by atoms with Crippen molar-refractivity contribution in [2.24, 2.45) is 5.41 Å². The predicted octanol–water partition coefficient (Wildman–Crippen LogP) is 2.51. The molecule has 0 saturated carbocycles. The van der Waals surface area contributed by atoms with Gasteiger partial charge in [0.25, 0.3) is 0 Å². The van der Waals surface area contributed by atoms with Gasteiger partial charge < -0.3 is 15.0 Å². The van der Waals surface area contributed by atoms with Crippen LogP contribution in [0.25, 0.3) is 0 Å². The van der Waals surface area contributed by atoms with E-state index in [1.807, 2.05) is 7.11 Å². The fourth-order valence-electron chi connectivity index (χ4n) is 2.95. The lowest BCUT2D eigenvalue weighted by Gasteiger charge is -2.40. The maximum Gasteiger partial charge on any atom is 0.0595 e. The molecule has 1 aliphatic heterocycles. The van der Waals surface area contributed by atoms with E-state index in [1.54, 1.807) is 0 Å². The van der Waals surface area contributed by atoms with Gasteiger partial charge in [-0.1, -0.05) is 20.8 Å². The molecule has 1 N–H and O–H groups in total. The molecule has 1 aliphatic rings. The number of piperidine rings is 1. The molecule has 1 fully saturated rings. The molecule has 0 aromatic rings. The third kappa shape index (κ3) is 4.52. The molecular weight excluding hydrogens is 224 g/mol. The Hall–Kier alpha value is -0.120. The second kappa shape index (κ2) is 8.13. The van der Waals surface area contributed by atoms with Crippen LogP contribution in [0.2, 0.25) is 0 Å². The summed E-state index contributed by atoms with van der Waals surface area (Å²) in [6, 6.07) is 0. The number of hydrogen-bond donors (Lipinski definition) is 1. The van der Waals surface area contributed by atoms with E-state index < -0.39 is 0 Å². The van der Waals surface area contributed by atoms with Crippen LogP contribution in [0, 0.1) is 5.41 Å². The molecule has 0 unspecified atom stereocenters. The smallest absolute Gasteiger partial charge is 0.0595 e. The average Bonchev–Trinajstić information content (AvgIpc) is 2.44. The van der Waals surface area contributed by atoms with Crippen molar-refractivity contribution in [1.29, 1.82) is 0 Å². The summed E-state index contributed by atoms with van der Waals surface area (Å²) >= 11 is 0. The summed E-state index contributed by atoms with van der Waals surface area (Å²) in [5.41, 5.74) is 0.454. The second-order valence-corrected chi connectivity index (χ2v) is 5.70. The van der Waals surface area contributed by atoms with Crippen LogP contribution >= 0.6 is 0 Å². The molecule has 18 heavy (non-hydrogen) atoms. The summed E-state index contributed by atoms with van der Waals surface area (Å²) in [5, 5.41) is 3.55. The fourth-order valence-corrected chi connectivity index (χ4v) is 2.95. The van der Waals surface area contributed by atoms with Gasteiger partial charge in [0.05, 0.1) is 6.10 Å². The number of ether oxygens (including phenoxy) is 1. The topological polar surface area (TPSA) is 24.5 Å². The summed E-state index contributed by atoms with van der Waals surface area (Å²) in [7, 11) is 1.84. The Kier molecular flexibility index (Phi) is 7.20. The molecule has 3 heteroatoms. The predicted molar refractivity (Wildman–Crippen MR) is 78.0 cm³/mol. The van der Waals surface area contributed by atoms with Crippen LogP contribution in [0.3, 0.4) is 0 Å². The number of hydrogen-bond acceptors (Lipinski definition) is 3. The van der Waals surface area contributed by atoms with E-state index in [0.717, 1.165) is 13.1 Å². The van der Waals surface area contributed by atoms with Crippen molar-refractivity contribution in [3.63, 3.8) is 0 Å². The highest BCUT2D eigenvalue weighted by Crippen LogP contribution is 2.28. The van der Waals surface area contributed by atoms with Crippen molar-refractivity contribution in [3.8, 4) is 0 Å². The van der Waals surface area contributed by atoms with Crippen LogP contribution in [0.4, 0.5) is 0 Å². The summed E-state index contributed by atoms with van der Waals surface area (Å²) < 4.78 is 5.45. The first kappa shape index (κ1) is 15.9. The Morgan fingerprint density at radius 3 is 2.22 bits per heavy atom. The van der Waals surface area contributed by atoms with E-state index in [-0.39, 0.29) is 0 Å². The van der Waals surface area contributed by atoms with E-state index in [2.05, 4.69) is 31.0 Å². The van der Waals surface area contributed by atoms with Crippen molar-refractivity contribution in [2.45, 2.75) is 52.6 Å². The van der Waals surface area contributed by atoms with Gasteiger partial charge in [-0.25, -0.2) is 0 Å². The van der Waals surface area contributed by atoms with Crippen LogP contribution in [0.15, 0.2) is 0 Å². The lowest BCUT2D eigenvalue weighted by atomic mass is 9.81. The van der Waals surface area contributed by atoms with Crippen LogP contribution < -0.4 is 5.32 Å². The van der Waals surface area contributed by atoms with Crippen molar-refractivity contribution < 1.29 is 4.74 Å². The Morgan fingerprint density at radius 2 is 1.78 bits per heavy atom. The van der Waals surface area contributed by atoms with E-state index in [0.29, 0.717) is 11.5 Å². The Balaban J connectivity index is 2.45. The molecule has 0 aromatic carbocycles. The van der Waals surface area contributed by atoms with Gasteiger partial charge in [-0.2, -0.15) is 0 Å². The molecule has 0 aromatic heterocycles. The number of nitrogens with zero attached hydrogens (tertiary/aromatic N) is 1. The van der Waals surface area contributed by atoms with Crippen molar-refractivity contribution in [2.75, 3.05) is 39.8 Å². The van der Waals surface area contributed by atoms with Crippen LogP contribution in [-0.4, -0.2) is 50.8 Å². The molecular formula is C15H32N2O. The van der Waals surface area contributed by atoms with Gasteiger partial charge in [0.15, 0.2) is 0 Å². The van der Waals surface area contributed by atoms with Crippen molar-refractivity contribution in [1.82, 2.24) is 10.2 Å². The van der Waals surface area contributed by atoms with E-state index in [9.17, 15) is 0 Å². The van der Waals surface area contributed by atoms with Gasteiger partial charge in [0, 0.05) is 33.3 Å². The third-order valence-electron chi connectivity index (χ3n) is 4.68.